The molecule has 0 bridgehead atoms. The Labute approximate surface area is 124 Å². The van der Waals surface area contributed by atoms with Crippen LogP contribution in [0.15, 0.2) is 29.7 Å². The molecule has 0 unspecified atom stereocenters. The quantitative estimate of drug-likeness (QED) is 0.881. The zero-order valence-corrected chi connectivity index (χ0v) is 12.3. The topological polar surface area (TPSA) is 59.8 Å². The van der Waals surface area contributed by atoms with Crippen molar-refractivity contribution in [2.45, 2.75) is 5.16 Å². The molecular weight excluding hydrogens is 307 g/mol. The van der Waals surface area contributed by atoms with E-state index in [9.17, 15) is 4.79 Å². The lowest BCUT2D eigenvalue weighted by Crippen LogP contribution is -2.14. The average molecular weight is 317 g/mol. The van der Waals surface area contributed by atoms with Gasteiger partial charge in [0, 0.05) is 12.1 Å². The number of anilines is 1. The van der Waals surface area contributed by atoms with Gasteiger partial charge < -0.3 is 9.88 Å². The molecule has 1 N–H and O–H groups in total. The fraction of sp³-hybridized carbons (Fsp3) is 0.182. The number of carbonyl (C=O) groups is 1. The first-order chi connectivity index (χ1) is 9.06. The van der Waals surface area contributed by atoms with Crippen LogP contribution < -0.4 is 5.32 Å². The minimum absolute atomic E-state index is 0.169. The monoisotopic (exact) mass is 316 g/mol. The van der Waals surface area contributed by atoms with Crippen molar-refractivity contribution in [3.63, 3.8) is 0 Å². The summed E-state index contributed by atoms with van der Waals surface area (Å²) in [6, 6.07) is 4.91. The summed E-state index contributed by atoms with van der Waals surface area (Å²) >= 11 is 13.0. The SMILES string of the molecule is Cn1cnnc1SCC(=O)Nc1ccc(Cl)cc1Cl. The first-order valence-corrected chi connectivity index (χ1v) is 7.02. The highest BCUT2D eigenvalue weighted by Crippen LogP contribution is 2.25. The lowest BCUT2D eigenvalue weighted by molar-refractivity contribution is -0.113. The van der Waals surface area contributed by atoms with Gasteiger partial charge in [0.2, 0.25) is 5.91 Å². The second-order valence-electron chi connectivity index (χ2n) is 3.69. The number of nitrogens with one attached hydrogen (secondary N) is 1. The molecule has 1 aromatic heterocycles. The van der Waals surface area contributed by atoms with Crippen molar-refractivity contribution < 1.29 is 4.79 Å². The first-order valence-electron chi connectivity index (χ1n) is 5.28. The summed E-state index contributed by atoms with van der Waals surface area (Å²) in [6.07, 6.45) is 1.58. The largest absolute Gasteiger partial charge is 0.324 e. The van der Waals surface area contributed by atoms with Crippen molar-refractivity contribution in [2.24, 2.45) is 7.05 Å². The number of halogens is 2. The van der Waals surface area contributed by atoms with Gasteiger partial charge in [-0.25, -0.2) is 0 Å². The highest BCUT2D eigenvalue weighted by atomic mass is 35.5. The molecule has 0 saturated carbocycles. The van der Waals surface area contributed by atoms with Gasteiger partial charge in [-0.05, 0) is 18.2 Å². The maximum absolute atomic E-state index is 11.8. The van der Waals surface area contributed by atoms with Crippen LogP contribution in [0.1, 0.15) is 0 Å². The predicted molar refractivity (Wildman–Crippen MR) is 76.8 cm³/mol. The van der Waals surface area contributed by atoms with E-state index in [4.69, 9.17) is 23.2 Å². The van der Waals surface area contributed by atoms with E-state index in [1.54, 1.807) is 29.1 Å². The number of aryl methyl sites for hydroxylation is 1. The molecule has 5 nitrogen and oxygen atoms in total. The van der Waals surface area contributed by atoms with E-state index >= 15 is 0 Å². The fourth-order valence-corrected chi connectivity index (χ4v) is 2.45. The van der Waals surface area contributed by atoms with Gasteiger partial charge >= 0.3 is 0 Å². The second kappa shape index (κ2) is 6.27. The molecule has 0 saturated heterocycles. The van der Waals surface area contributed by atoms with Gasteiger partial charge in [-0.15, -0.1) is 10.2 Å². The molecule has 0 aliphatic heterocycles. The van der Waals surface area contributed by atoms with Crippen LogP contribution in [0.3, 0.4) is 0 Å². The van der Waals surface area contributed by atoms with Gasteiger partial charge in [0.15, 0.2) is 5.16 Å². The number of thioether (sulfide) groups is 1. The number of aromatic nitrogens is 3. The fourth-order valence-electron chi connectivity index (χ4n) is 1.31. The molecule has 1 aromatic carbocycles. The second-order valence-corrected chi connectivity index (χ2v) is 5.47. The van der Waals surface area contributed by atoms with Crippen LogP contribution in [0, 0.1) is 0 Å². The summed E-state index contributed by atoms with van der Waals surface area (Å²) in [6.45, 7) is 0. The Hall–Kier alpha value is -1.24. The smallest absolute Gasteiger partial charge is 0.234 e. The molecule has 2 aromatic rings. The average Bonchev–Trinajstić information content (AvgIpc) is 2.76. The highest BCUT2D eigenvalue weighted by molar-refractivity contribution is 7.99. The molecule has 0 fully saturated rings. The summed E-state index contributed by atoms with van der Waals surface area (Å²) in [5.74, 6) is 0.0584. The molecule has 0 atom stereocenters. The van der Waals surface area contributed by atoms with Crippen molar-refractivity contribution in [3.8, 4) is 0 Å². The minimum atomic E-state index is -0.169. The third-order valence-corrected chi connectivity index (χ3v) is 3.79. The zero-order chi connectivity index (χ0) is 13.8. The Morgan fingerprint density at radius 3 is 2.89 bits per heavy atom. The van der Waals surface area contributed by atoms with E-state index in [1.807, 2.05) is 7.05 Å². The van der Waals surface area contributed by atoms with E-state index in [0.717, 1.165) is 0 Å². The summed E-state index contributed by atoms with van der Waals surface area (Å²) in [5.41, 5.74) is 0.537. The van der Waals surface area contributed by atoms with Crippen LogP contribution in [0.4, 0.5) is 5.69 Å². The van der Waals surface area contributed by atoms with E-state index < -0.39 is 0 Å². The maximum Gasteiger partial charge on any atom is 0.234 e. The zero-order valence-electron chi connectivity index (χ0n) is 9.93. The van der Waals surface area contributed by atoms with Gasteiger partial charge in [0.25, 0.3) is 0 Å². The van der Waals surface area contributed by atoms with E-state index in [-0.39, 0.29) is 11.7 Å². The number of carbonyl (C=O) groups excluding carboxylic acids is 1. The van der Waals surface area contributed by atoms with Gasteiger partial charge in [-0.1, -0.05) is 35.0 Å². The van der Waals surface area contributed by atoms with Crippen LogP contribution in [0.5, 0.6) is 0 Å². The summed E-state index contributed by atoms with van der Waals surface area (Å²) in [4.78, 5) is 11.8. The van der Waals surface area contributed by atoms with Crippen molar-refractivity contribution >= 4 is 46.6 Å². The van der Waals surface area contributed by atoms with Crippen molar-refractivity contribution in [2.75, 3.05) is 11.1 Å². The number of amides is 1. The Morgan fingerprint density at radius 2 is 2.26 bits per heavy atom. The molecular formula is C11H10Cl2N4OS. The Kier molecular flexibility index (Phi) is 4.68. The van der Waals surface area contributed by atoms with Crippen LogP contribution >= 0.6 is 35.0 Å². The van der Waals surface area contributed by atoms with Crippen molar-refractivity contribution in [1.29, 1.82) is 0 Å². The van der Waals surface area contributed by atoms with Crippen molar-refractivity contribution in [3.05, 3.63) is 34.6 Å². The van der Waals surface area contributed by atoms with Crippen LogP contribution in [-0.4, -0.2) is 26.4 Å². The van der Waals surface area contributed by atoms with E-state index in [2.05, 4.69) is 15.5 Å². The van der Waals surface area contributed by atoms with Crippen molar-refractivity contribution in [1.82, 2.24) is 14.8 Å². The van der Waals surface area contributed by atoms with Gasteiger partial charge in [-0.3, -0.25) is 4.79 Å². The van der Waals surface area contributed by atoms with E-state index in [0.29, 0.717) is 20.9 Å². The number of rotatable bonds is 4. The Bertz CT molecular complexity index is 602. The van der Waals surface area contributed by atoms with Gasteiger partial charge in [0.1, 0.15) is 6.33 Å². The molecule has 100 valence electrons. The summed E-state index contributed by atoms with van der Waals surface area (Å²) in [5, 5.41) is 11.9. The number of hydrogen-bond donors (Lipinski definition) is 1. The predicted octanol–water partition coefficient (Wildman–Crippen LogP) is 2.85. The minimum Gasteiger partial charge on any atom is -0.324 e. The number of nitrogens with zero attached hydrogens (tertiary/aromatic N) is 3. The molecule has 0 aliphatic rings. The lowest BCUT2D eigenvalue weighted by atomic mass is 10.3. The molecule has 0 aliphatic carbocycles. The number of benzene rings is 1. The molecule has 19 heavy (non-hydrogen) atoms. The maximum atomic E-state index is 11.8. The van der Waals surface area contributed by atoms with Crippen LogP contribution in [0.25, 0.3) is 0 Å². The standard InChI is InChI=1S/C11H10Cl2N4OS/c1-17-6-14-16-11(17)19-5-10(18)15-9-3-2-7(12)4-8(9)13/h2-4,6H,5H2,1H3,(H,15,18). The lowest BCUT2D eigenvalue weighted by Gasteiger charge is -2.07. The number of hydrogen-bond acceptors (Lipinski definition) is 4. The van der Waals surface area contributed by atoms with Crippen LogP contribution in [0.2, 0.25) is 10.0 Å². The van der Waals surface area contributed by atoms with Gasteiger partial charge in [0.05, 0.1) is 16.5 Å². The molecule has 0 radical (unpaired) electrons. The molecule has 2 rings (SSSR count). The van der Waals surface area contributed by atoms with E-state index in [1.165, 1.54) is 11.8 Å². The van der Waals surface area contributed by atoms with Gasteiger partial charge in [-0.2, -0.15) is 0 Å². The third-order valence-electron chi connectivity index (χ3n) is 2.21. The third kappa shape index (κ3) is 3.86. The Morgan fingerprint density at radius 1 is 1.47 bits per heavy atom. The molecule has 0 spiro atoms. The summed E-state index contributed by atoms with van der Waals surface area (Å²) < 4.78 is 1.74. The Balaban J connectivity index is 1.93. The normalized spacial score (nSPS) is 10.5. The summed E-state index contributed by atoms with van der Waals surface area (Å²) in [7, 11) is 1.82. The molecule has 1 heterocycles. The molecule has 1 amide bonds. The first kappa shape index (κ1) is 14.2. The van der Waals surface area contributed by atoms with Crippen LogP contribution in [-0.2, 0) is 11.8 Å². The molecule has 8 heteroatoms. The highest BCUT2D eigenvalue weighted by Gasteiger charge is 2.09.